The third kappa shape index (κ3) is 5.05. The second-order valence-electron chi connectivity index (χ2n) is 8.23. The number of nitrogens with one attached hydrogen (secondary N) is 1. The summed E-state index contributed by atoms with van der Waals surface area (Å²) in [7, 11) is -3.97. The van der Waals surface area contributed by atoms with Crippen molar-refractivity contribution in [2.75, 3.05) is 11.9 Å². The Bertz CT molecular complexity index is 1190. The summed E-state index contributed by atoms with van der Waals surface area (Å²) in [5, 5.41) is 9.81. The molecule has 0 unspecified atom stereocenters. The van der Waals surface area contributed by atoms with E-state index in [1.165, 1.54) is 23.7 Å². The van der Waals surface area contributed by atoms with Crippen LogP contribution in [0.1, 0.15) is 49.7 Å². The van der Waals surface area contributed by atoms with Gasteiger partial charge in [-0.2, -0.15) is 4.37 Å². The normalized spacial score (nSPS) is 18.4. The molecule has 0 radical (unpaired) electrons. The minimum Gasteiger partial charge on any atom is -0.477 e. The van der Waals surface area contributed by atoms with Gasteiger partial charge < -0.3 is 10.1 Å². The third-order valence-corrected chi connectivity index (χ3v) is 7.08. The van der Waals surface area contributed by atoms with E-state index in [4.69, 9.17) is 9.88 Å². The Kier molecular flexibility index (Phi) is 6.40. The van der Waals surface area contributed by atoms with Gasteiger partial charge in [0.1, 0.15) is 5.82 Å². The molecule has 170 valence electrons. The van der Waals surface area contributed by atoms with Gasteiger partial charge in [0.15, 0.2) is 0 Å². The van der Waals surface area contributed by atoms with Crippen molar-refractivity contribution in [1.29, 1.82) is 0 Å². The molecule has 32 heavy (non-hydrogen) atoms. The molecular formula is C21H24FN5O3S2. The van der Waals surface area contributed by atoms with Gasteiger partial charge in [0.05, 0.1) is 17.2 Å². The molecule has 2 aromatic heterocycles. The summed E-state index contributed by atoms with van der Waals surface area (Å²) >= 11 is 1.42. The fourth-order valence-corrected chi connectivity index (χ4v) is 4.89. The maximum Gasteiger partial charge on any atom is 0.238 e. The van der Waals surface area contributed by atoms with Crippen LogP contribution >= 0.6 is 11.5 Å². The number of nitrogens with zero attached hydrogens (tertiary/aromatic N) is 3. The molecule has 4 rings (SSSR count). The minimum atomic E-state index is -3.97. The van der Waals surface area contributed by atoms with Crippen LogP contribution in [0.15, 0.2) is 40.9 Å². The number of ether oxygens (including phenoxy) is 1. The van der Waals surface area contributed by atoms with Crippen LogP contribution < -0.4 is 15.2 Å². The standard InChI is InChI=1S/C21H24FN5O3S2/c1-12(2)17-11-31-27-20(17)30-10-13-5-14(6-13)15-8-24-21(25-9-15)26-19-4-3-16(7-18(19)22)32(23,28)29/h3-4,7-9,11-14H,5-6,10H2,1-2H3,(H2,23,28,29)(H,24,25,26). The smallest absolute Gasteiger partial charge is 0.238 e. The summed E-state index contributed by atoms with van der Waals surface area (Å²) in [6.07, 6.45) is 5.43. The monoisotopic (exact) mass is 477 g/mol. The summed E-state index contributed by atoms with van der Waals surface area (Å²) in [6.45, 7) is 4.90. The number of primary sulfonamides is 1. The second kappa shape index (κ2) is 9.08. The van der Waals surface area contributed by atoms with E-state index in [1.807, 2.05) is 5.38 Å². The number of sulfonamides is 1. The number of hydrogen-bond acceptors (Lipinski definition) is 8. The number of nitrogens with two attached hydrogens (primary N) is 1. The lowest BCUT2D eigenvalue weighted by Gasteiger charge is -2.35. The molecule has 0 bridgehead atoms. The zero-order chi connectivity index (χ0) is 22.9. The first-order valence-electron chi connectivity index (χ1n) is 10.2. The minimum absolute atomic E-state index is 0.0637. The first kappa shape index (κ1) is 22.6. The Balaban J connectivity index is 1.30. The molecule has 0 saturated heterocycles. The van der Waals surface area contributed by atoms with E-state index in [9.17, 15) is 12.8 Å². The van der Waals surface area contributed by atoms with Crippen molar-refractivity contribution in [2.24, 2.45) is 11.1 Å². The van der Waals surface area contributed by atoms with Gasteiger partial charge in [0, 0.05) is 23.3 Å². The largest absolute Gasteiger partial charge is 0.477 e. The lowest BCUT2D eigenvalue weighted by atomic mass is 9.72. The molecule has 1 aliphatic rings. The number of hydrogen-bond donors (Lipinski definition) is 2. The fourth-order valence-electron chi connectivity index (χ4n) is 3.58. The first-order valence-corrected chi connectivity index (χ1v) is 12.6. The lowest BCUT2D eigenvalue weighted by molar-refractivity contribution is 0.153. The molecular weight excluding hydrogens is 453 g/mol. The van der Waals surface area contributed by atoms with Crippen molar-refractivity contribution >= 4 is 33.2 Å². The Morgan fingerprint density at radius 2 is 2.00 bits per heavy atom. The quantitative estimate of drug-likeness (QED) is 0.500. The van der Waals surface area contributed by atoms with Crippen LogP contribution in [0, 0.1) is 11.7 Å². The molecule has 1 aromatic carbocycles. The fraction of sp³-hybridized carbons (Fsp3) is 0.381. The molecule has 3 aromatic rings. The molecule has 0 atom stereocenters. The van der Waals surface area contributed by atoms with Gasteiger partial charge in [-0.05, 0) is 65.9 Å². The van der Waals surface area contributed by atoms with Gasteiger partial charge in [-0.15, -0.1) is 0 Å². The molecule has 1 aliphatic carbocycles. The second-order valence-corrected chi connectivity index (χ2v) is 10.4. The number of benzene rings is 1. The molecule has 3 N–H and O–H groups in total. The predicted octanol–water partition coefficient (Wildman–Crippen LogP) is 4.16. The zero-order valence-electron chi connectivity index (χ0n) is 17.7. The Morgan fingerprint density at radius 3 is 2.62 bits per heavy atom. The maximum absolute atomic E-state index is 14.2. The summed E-state index contributed by atoms with van der Waals surface area (Å²) in [5.74, 6) is 1.43. The molecule has 2 heterocycles. The number of aromatic nitrogens is 3. The summed E-state index contributed by atoms with van der Waals surface area (Å²) in [4.78, 5) is 8.22. The van der Waals surface area contributed by atoms with Crippen LogP contribution in [0.25, 0.3) is 0 Å². The molecule has 1 fully saturated rings. The van der Waals surface area contributed by atoms with Crippen molar-refractivity contribution in [3.05, 3.63) is 52.9 Å². The van der Waals surface area contributed by atoms with Crippen LogP contribution in [-0.4, -0.2) is 29.4 Å². The van der Waals surface area contributed by atoms with Gasteiger partial charge in [-0.3, -0.25) is 0 Å². The van der Waals surface area contributed by atoms with Gasteiger partial charge >= 0.3 is 0 Å². The summed E-state index contributed by atoms with van der Waals surface area (Å²) < 4.78 is 47.1. The average molecular weight is 478 g/mol. The van der Waals surface area contributed by atoms with Crippen molar-refractivity contribution in [1.82, 2.24) is 14.3 Å². The molecule has 1 saturated carbocycles. The van der Waals surface area contributed by atoms with Crippen molar-refractivity contribution in [2.45, 2.75) is 43.4 Å². The number of rotatable bonds is 8. The van der Waals surface area contributed by atoms with Crippen LogP contribution in [0.2, 0.25) is 0 Å². The lowest BCUT2D eigenvalue weighted by Crippen LogP contribution is -2.27. The van der Waals surface area contributed by atoms with E-state index in [2.05, 4.69) is 33.5 Å². The van der Waals surface area contributed by atoms with E-state index in [0.717, 1.165) is 35.9 Å². The molecule has 11 heteroatoms. The highest BCUT2D eigenvalue weighted by atomic mass is 32.2. The highest BCUT2D eigenvalue weighted by Crippen LogP contribution is 2.41. The van der Waals surface area contributed by atoms with Gasteiger partial charge in [-0.25, -0.2) is 27.9 Å². The molecule has 0 amide bonds. The van der Waals surface area contributed by atoms with Crippen LogP contribution in [0.3, 0.4) is 0 Å². The topological polar surface area (TPSA) is 120 Å². The summed E-state index contributed by atoms with van der Waals surface area (Å²) in [5.41, 5.74) is 2.24. The summed E-state index contributed by atoms with van der Waals surface area (Å²) in [6, 6.07) is 3.37. The highest BCUT2D eigenvalue weighted by Gasteiger charge is 2.31. The van der Waals surface area contributed by atoms with Gasteiger partial charge in [0.25, 0.3) is 0 Å². The average Bonchev–Trinajstić information content (AvgIpc) is 3.17. The van der Waals surface area contributed by atoms with Crippen LogP contribution in [0.4, 0.5) is 16.0 Å². The van der Waals surface area contributed by atoms with E-state index in [0.29, 0.717) is 24.4 Å². The zero-order valence-corrected chi connectivity index (χ0v) is 19.3. The number of halogens is 1. The van der Waals surface area contributed by atoms with Crippen molar-refractivity contribution < 1.29 is 17.5 Å². The SMILES string of the molecule is CC(C)c1csnc1OCC1CC(c2cnc(Nc3ccc(S(N)(=O)=O)cc3F)nc2)C1. The van der Waals surface area contributed by atoms with E-state index < -0.39 is 15.8 Å². The molecule has 8 nitrogen and oxygen atoms in total. The highest BCUT2D eigenvalue weighted by molar-refractivity contribution is 7.89. The third-order valence-electron chi connectivity index (χ3n) is 5.53. The van der Waals surface area contributed by atoms with Crippen LogP contribution in [-0.2, 0) is 10.0 Å². The van der Waals surface area contributed by atoms with Crippen LogP contribution in [0.5, 0.6) is 5.88 Å². The molecule has 0 spiro atoms. The van der Waals surface area contributed by atoms with Crippen molar-refractivity contribution in [3.8, 4) is 5.88 Å². The Morgan fingerprint density at radius 1 is 1.28 bits per heavy atom. The van der Waals surface area contributed by atoms with Gasteiger partial charge in [0.2, 0.25) is 21.9 Å². The Labute approximate surface area is 190 Å². The number of anilines is 2. The predicted molar refractivity (Wildman–Crippen MR) is 120 cm³/mol. The Hall–Kier alpha value is -2.63. The molecule has 0 aliphatic heterocycles. The van der Waals surface area contributed by atoms with Gasteiger partial charge in [-0.1, -0.05) is 13.8 Å². The first-order chi connectivity index (χ1) is 15.2. The maximum atomic E-state index is 14.2. The van der Waals surface area contributed by atoms with E-state index in [-0.39, 0.29) is 16.5 Å². The van der Waals surface area contributed by atoms with E-state index in [1.54, 1.807) is 12.4 Å². The van der Waals surface area contributed by atoms with Crippen molar-refractivity contribution in [3.63, 3.8) is 0 Å². The van der Waals surface area contributed by atoms with E-state index >= 15 is 0 Å².